The van der Waals surface area contributed by atoms with Crippen molar-refractivity contribution in [2.45, 2.75) is 20.8 Å². The van der Waals surface area contributed by atoms with Crippen LogP contribution in [0.3, 0.4) is 0 Å². The van der Waals surface area contributed by atoms with Crippen LogP contribution in [0.25, 0.3) is 0 Å². The van der Waals surface area contributed by atoms with E-state index in [0.29, 0.717) is 16.3 Å². The maximum absolute atomic E-state index is 11.7. The number of carbonyl (C=O) groups is 1. The highest BCUT2D eigenvalue weighted by Crippen LogP contribution is 2.25. The Hall–Kier alpha value is -1.53. The third kappa shape index (κ3) is 2.98. The molecule has 0 bridgehead atoms. The van der Waals surface area contributed by atoms with E-state index >= 15 is 0 Å². The van der Waals surface area contributed by atoms with Crippen LogP contribution in [-0.4, -0.2) is 5.91 Å². The van der Waals surface area contributed by atoms with Crippen LogP contribution >= 0.6 is 11.6 Å². The average Bonchev–Trinajstić information content (AvgIpc) is 2.19. The number of hydrogen-bond acceptors (Lipinski definition) is 2. The largest absolute Gasteiger partial charge is 0.324 e. The van der Waals surface area contributed by atoms with Gasteiger partial charge in [0.25, 0.3) is 0 Å². The maximum atomic E-state index is 11.7. The van der Waals surface area contributed by atoms with Crippen molar-refractivity contribution in [1.82, 2.24) is 0 Å². The first-order valence-electron chi connectivity index (χ1n) is 4.85. The molecule has 1 aromatic rings. The van der Waals surface area contributed by atoms with Crippen LogP contribution in [0.2, 0.25) is 5.02 Å². The number of carbonyl (C=O) groups excluding carboxylic acids is 1. The summed E-state index contributed by atoms with van der Waals surface area (Å²) >= 11 is 5.92. The zero-order valence-electron chi connectivity index (χ0n) is 9.47. The van der Waals surface area contributed by atoms with Gasteiger partial charge in [-0.2, -0.15) is 5.26 Å². The van der Waals surface area contributed by atoms with Crippen molar-refractivity contribution in [2.24, 2.45) is 5.41 Å². The van der Waals surface area contributed by atoms with Crippen molar-refractivity contribution in [1.29, 1.82) is 5.26 Å². The van der Waals surface area contributed by atoms with Crippen LogP contribution in [0.1, 0.15) is 26.3 Å². The second-order valence-corrected chi connectivity index (χ2v) is 4.92. The quantitative estimate of drug-likeness (QED) is 0.814. The van der Waals surface area contributed by atoms with E-state index < -0.39 is 5.41 Å². The van der Waals surface area contributed by atoms with Crippen LogP contribution in [-0.2, 0) is 4.79 Å². The molecule has 0 aliphatic heterocycles. The highest BCUT2D eigenvalue weighted by Gasteiger charge is 2.21. The molecule has 0 saturated carbocycles. The molecule has 0 radical (unpaired) electrons. The predicted molar refractivity (Wildman–Crippen MR) is 64.3 cm³/mol. The Morgan fingerprint density at radius 1 is 1.44 bits per heavy atom. The van der Waals surface area contributed by atoms with Gasteiger partial charge < -0.3 is 5.32 Å². The molecule has 1 aromatic carbocycles. The van der Waals surface area contributed by atoms with Gasteiger partial charge in [0.2, 0.25) is 5.91 Å². The molecule has 1 amide bonds. The van der Waals surface area contributed by atoms with Crippen molar-refractivity contribution in [3.8, 4) is 6.07 Å². The first kappa shape index (κ1) is 12.5. The maximum Gasteiger partial charge on any atom is 0.229 e. The van der Waals surface area contributed by atoms with Crippen LogP contribution in [0.15, 0.2) is 18.2 Å². The molecule has 3 nitrogen and oxygen atoms in total. The first-order valence-corrected chi connectivity index (χ1v) is 5.23. The minimum absolute atomic E-state index is 0.135. The molecule has 0 aromatic heterocycles. The van der Waals surface area contributed by atoms with E-state index in [4.69, 9.17) is 16.9 Å². The second-order valence-electron chi connectivity index (χ2n) is 4.51. The summed E-state index contributed by atoms with van der Waals surface area (Å²) in [6, 6.07) is 6.76. The molecule has 0 atom stereocenters. The number of rotatable bonds is 1. The Morgan fingerprint density at radius 3 is 2.56 bits per heavy atom. The SMILES string of the molecule is CC(C)(C)C(=O)Nc1cc(C#N)ccc1Cl. The Kier molecular flexibility index (Phi) is 3.56. The van der Waals surface area contributed by atoms with Crippen molar-refractivity contribution in [3.05, 3.63) is 28.8 Å². The summed E-state index contributed by atoms with van der Waals surface area (Å²) in [5.74, 6) is -0.135. The normalized spacial score (nSPS) is 10.7. The number of hydrogen-bond donors (Lipinski definition) is 1. The van der Waals surface area contributed by atoms with Gasteiger partial charge in [-0.05, 0) is 18.2 Å². The molecule has 0 aliphatic carbocycles. The van der Waals surface area contributed by atoms with E-state index in [9.17, 15) is 4.79 Å². The van der Waals surface area contributed by atoms with Gasteiger partial charge in [0.1, 0.15) is 0 Å². The zero-order chi connectivity index (χ0) is 12.3. The summed E-state index contributed by atoms with van der Waals surface area (Å²) in [6.07, 6.45) is 0. The number of halogens is 1. The zero-order valence-corrected chi connectivity index (χ0v) is 10.2. The molecule has 0 aliphatic rings. The predicted octanol–water partition coefficient (Wildman–Crippen LogP) is 3.20. The van der Waals surface area contributed by atoms with Crippen LogP contribution in [0.4, 0.5) is 5.69 Å². The molecule has 0 saturated heterocycles. The Bertz CT molecular complexity index is 455. The molecule has 84 valence electrons. The van der Waals surface area contributed by atoms with Crippen LogP contribution < -0.4 is 5.32 Å². The fourth-order valence-corrected chi connectivity index (χ4v) is 1.17. The summed E-state index contributed by atoms with van der Waals surface area (Å²) in [5, 5.41) is 11.9. The summed E-state index contributed by atoms with van der Waals surface area (Å²) in [7, 11) is 0. The lowest BCUT2D eigenvalue weighted by Crippen LogP contribution is -2.27. The number of nitriles is 1. The lowest BCUT2D eigenvalue weighted by Gasteiger charge is -2.18. The fourth-order valence-electron chi connectivity index (χ4n) is 1.00. The van der Waals surface area contributed by atoms with Crippen LogP contribution in [0.5, 0.6) is 0 Å². The number of anilines is 1. The van der Waals surface area contributed by atoms with E-state index in [2.05, 4.69) is 5.32 Å². The minimum atomic E-state index is -0.494. The van der Waals surface area contributed by atoms with E-state index in [1.807, 2.05) is 26.8 Å². The molecular weight excluding hydrogens is 224 g/mol. The molecule has 16 heavy (non-hydrogen) atoms. The van der Waals surface area contributed by atoms with Gasteiger partial charge >= 0.3 is 0 Å². The van der Waals surface area contributed by atoms with Gasteiger partial charge in [-0.1, -0.05) is 32.4 Å². The molecule has 4 heteroatoms. The van der Waals surface area contributed by atoms with Gasteiger partial charge in [0.05, 0.1) is 22.3 Å². The van der Waals surface area contributed by atoms with Gasteiger partial charge in [0.15, 0.2) is 0 Å². The fraction of sp³-hybridized carbons (Fsp3) is 0.333. The minimum Gasteiger partial charge on any atom is -0.324 e. The first-order chi connectivity index (χ1) is 7.34. The number of benzene rings is 1. The van der Waals surface area contributed by atoms with Gasteiger partial charge in [-0.15, -0.1) is 0 Å². The van der Waals surface area contributed by atoms with E-state index in [0.717, 1.165) is 0 Å². The Morgan fingerprint density at radius 2 is 2.06 bits per heavy atom. The van der Waals surface area contributed by atoms with Gasteiger partial charge in [-0.25, -0.2) is 0 Å². The topological polar surface area (TPSA) is 52.9 Å². The third-order valence-corrected chi connectivity index (χ3v) is 2.35. The molecule has 0 spiro atoms. The lowest BCUT2D eigenvalue weighted by molar-refractivity contribution is -0.123. The summed E-state index contributed by atoms with van der Waals surface area (Å²) in [6.45, 7) is 5.43. The Labute approximate surface area is 100 Å². The number of nitrogens with zero attached hydrogens (tertiary/aromatic N) is 1. The average molecular weight is 237 g/mol. The summed E-state index contributed by atoms with van der Waals surface area (Å²) in [4.78, 5) is 11.7. The molecular formula is C12H13ClN2O. The van der Waals surface area contributed by atoms with Gasteiger partial charge in [-0.3, -0.25) is 4.79 Å². The molecule has 1 N–H and O–H groups in total. The van der Waals surface area contributed by atoms with Crippen LogP contribution in [0, 0.1) is 16.7 Å². The lowest BCUT2D eigenvalue weighted by atomic mass is 9.95. The summed E-state index contributed by atoms with van der Waals surface area (Å²) < 4.78 is 0. The van der Waals surface area contributed by atoms with Crippen molar-refractivity contribution < 1.29 is 4.79 Å². The smallest absolute Gasteiger partial charge is 0.229 e. The van der Waals surface area contributed by atoms with E-state index in [1.165, 1.54) is 0 Å². The molecule has 0 heterocycles. The van der Waals surface area contributed by atoms with E-state index in [-0.39, 0.29) is 5.91 Å². The summed E-state index contributed by atoms with van der Waals surface area (Å²) in [5.41, 5.74) is 0.445. The monoisotopic (exact) mass is 236 g/mol. The van der Waals surface area contributed by atoms with Crippen molar-refractivity contribution in [3.63, 3.8) is 0 Å². The third-order valence-electron chi connectivity index (χ3n) is 2.02. The van der Waals surface area contributed by atoms with Gasteiger partial charge in [0, 0.05) is 5.41 Å². The van der Waals surface area contributed by atoms with E-state index in [1.54, 1.807) is 18.2 Å². The second kappa shape index (κ2) is 4.54. The Balaban J connectivity index is 2.98. The van der Waals surface area contributed by atoms with Crippen molar-refractivity contribution in [2.75, 3.05) is 5.32 Å². The van der Waals surface area contributed by atoms with Crippen molar-refractivity contribution >= 4 is 23.2 Å². The number of nitrogens with one attached hydrogen (secondary N) is 1. The molecule has 1 rings (SSSR count). The highest BCUT2D eigenvalue weighted by molar-refractivity contribution is 6.33. The highest BCUT2D eigenvalue weighted by atomic mass is 35.5. The number of amides is 1. The standard InChI is InChI=1S/C12H13ClN2O/c1-12(2,3)11(16)15-10-6-8(7-14)4-5-9(10)13/h4-6H,1-3H3,(H,15,16). The molecule has 0 fully saturated rings. The molecule has 0 unspecified atom stereocenters.